The number of nitrogens with zero attached hydrogens (tertiary/aromatic N) is 2. The van der Waals surface area contributed by atoms with Gasteiger partial charge in [0.1, 0.15) is 0 Å². The maximum atomic E-state index is 13.5. The summed E-state index contributed by atoms with van der Waals surface area (Å²) in [5.41, 5.74) is 3.31. The van der Waals surface area contributed by atoms with Gasteiger partial charge in [0.05, 0.1) is 10.5 Å². The van der Waals surface area contributed by atoms with E-state index in [0.29, 0.717) is 24.4 Å². The summed E-state index contributed by atoms with van der Waals surface area (Å²) < 4.78 is 70.4. The van der Waals surface area contributed by atoms with E-state index in [-0.39, 0.29) is 19.0 Å². The molecule has 0 radical (unpaired) electrons. The number of hydrogen-bond donors (Lipinski definition) is 0. The lowest BCUT2D eigenvalue weighted by atomic mass is 9.88. The summed E-state index contributed by atoms with van der Waals surface area (Å²) in [4.78, 5) is -0.685. The van der Waals surface area contributed by atoms with Gasteiger partial charge in [0.15, 0.2) is 0 Å². The minimum absolute atomic E-state index is 0.0924. The monoisotopic (exact) mass is 546 g/mol. The molecule has 0 unspecified atom stereocenters. The lowest BCUT2D eigenvalue weighted by molar-refractivity contribution is -0.139. The van der Waals surface area contributed by atoms with Crippen LogP contribution in [0.3, 0.4) is 0 Å². The van der Waals surface area contributed by atoms with Crippen LogP contribution in [0.5, 0.6) is 0 Å². The van der Waals surface area contributed by atoms with Crippen molar-refractivity contribution in [1.29, 1.82) is 0 Å². The topological polar surface area (TPSA) is 42.3 Å². The highest BCUT2D eigenvalue weighted by atomic mass is 35.5. The maximum absolute atomic E-state index is 13.5. The van der Waals surface area contributed by atoms with Gasteiger partial charge in [-0.25, -0.2) is 8.42 Å². The second-order valence-corrected chi connectivity index (χ2v) is 11.7. The Kier molecular flexibility index (Phi) is 6.85. The molecule has 37 heavy (non-hydrogen) atoms. The van der Waals surface area contributed by atoms with Crippen LogP contribution in [-0.4, -0.2) is 30.4 Å². The maximum Gasteiger partial charge on any atom is 0.417 e. The highest BCUT2D eigenvalue weighted by Crippen LogP contribution is 2.40. The van der Waals surface area contributed by atoms with Gasteiger partial charge in [-0.3, -0.25) is 0 Å². The molecule has 0 saturated carbocycles. The average molecular weight is 547 g/mol. The first kappa shape index (κ1) is 25.8. The van der Waals surface area contributed by atoms with Crippen LogP contribution in [0.15, 0.2) is 77.7 Å². The molecular weight excluding hydrogens is 521 g/mol. The summed E-state index contributed by atoms with van der Waals surface area (Å²) in [5, 5.41) is 1.79. The SMILES string of the molecule is Cc1c(C2CCN(S(=O)(=O)c3ccccc3C(F)(F)F)CC2)c2ccccc2n1Cc1cccc(Cl)c1. The summed E-state index contributed by atoms with van der Waals surface area (Å²) in [5.74, 6) is 0.0924. The van der Waals surface area contributed by atoms with Crippen molar-refractivity contribution in [2.24, 2.45) is 0 Å². The highest BCUT2D eigenvalue weighted by Gasteiger charge is 2.40. The lowest BCUT2D eigenvalue weighted by Gasteiger charge is -2.32. The van der Waals surface area contributed by atoms with Crippen LogP contribution in [-0.2, 0) is 22.7 Å². The Morgan fingerprint density at radius 1 is 0.946 bits per heavy atom. The first-order valence-corrected chi connectivity index (χ1v) is 13.9. The number of hydrogen-bond acceptors (Lipinski definition) is 2. The van der Waals surface area contributed by atoms with Crippen LogP contribution >= 0.6 is 11.6 Å². The van der Waals surface area contributed by atoms with Crippen LogP contribution in [0.1, 0.15) is 41.1 Å². The van der Waals surface area contributed by atoms with Gasteiger partial charge < -0.3 is 4.57 Å². The smallest absolute Gasteiger partial charge is 0.340 e. The molecule has 5 rings (SSSR count). The van der Waals surface area contributed by atoms with Gasteiger partial charge in [0.2, 0.25) is 10.0 Å². The molecule has 4 nitrogen and oxygen atoms in total. The second-order valence-electron chi connectivity index (χ2n) is 9.40. The summed E-state index contributed by atoms with van der Waals surface area (Å²) in [6, 6.07) is 20.3. The predicted octanol–water partition coefficient (Wildman–Crippen LogP) is 7.24. The minimum atomic E-state index is -4.75. The average Bonchev–Trinajstić information content (AvgIpc) is 3.15. The van der Waals surface area contributed by atoms with Crippen LogP contribution in [0.4, 0.5) is 13.2 Å². The third-order valence-corrected chi connectivity index (χ3v) is 9.37. The minimum Gasteiger partial charge on any atom is -0.340 e. The zero-order chi connectivity index (χ0) is 26.4. The van der Waals surface area contributed by atoms with E-state index in [0.717, 1.165) is 34.3 Å². The normalized spacial score (nSPS) is 15.9. The molecule has 1 aliphatic rings. The van der Waals surface area contributed by atoms with E-state index in [2.05, 4.69) is 23.6 Å². The Bertz CT molecular complexity index is 1560. The quantitative estimate of drug-likeness (QED) is 0.265. The van der Waals surface area contributed by atoms with E-state index in [1.165, 1.54) is 22.0 Å². The van der Waals surface area contributed by atoms with E-state index in [1.807, 2.05) is 36.4 Å². The lowest BCUT2D eigenvalue weighted by Crippen LogP contribution is -2.38. The van der Waals surface area contributed by atoms with Gasteiger partial charge in [0.25, 0.3) is 0 Å². The Morgan fingerprint density at radius 3 is 2.32 bits per heavy atom. The van der Waals surface area contributed by atoms with Gasteiger partial charge in [-0.1, -0.05) is 54.1 Å². The predicted molar refractivity (Wildman–Crippen MR) is 139 cm³/mol. The van der Waals surface area contributed by atoms with Crippen LogP contribution in [0.25, 0.3) is 10.9 Å². The van der Waals surface area contributed by atoms with Crippen LogP contribution in [0.2, 0.25) is 5.02 Å². The van der Waals surface area contributed by atoms with Gasteiger partial charge in [-0.05, 0) is 67.1 Å². The molecule has 194 valence electrons. The molecule has 0 atom stereocenters. The molecule has 0 N–H and O–H groups in total. The fraction of sp³-hybridized carbons (Fsp3) is 0.286. The van der Waals surface area contributed by atoms with E-state index < -0.39 is 26.7 Å². The fourth-order valence-corrected chi connectivity index (χ4v) is 7.34. The van der Waals surface area contributed by atoms with Gasteiger partial charge in [0, 0.05) is 41.3 Å². The first-order valence-electron chi connectivity index (χ1n) is 12.1. The van der Waals surface area contributed by atoms with Crippen molar-refractivity contribution in [3.8, 4) is 0 Å². The first-order chi connectivity index (χ1) is 17.6. The zero-order valence-corrected chi connectivity index (χ0v) is 21.7. The van der Waals surface area contributed by atoms with Gasteiger partial charge >= 0.3 is 6.18 Å². The Hall–Kier alpha value is -2.81. The summed E-state index contributed by atoms with van der Waals surface area (Å²) >= 11 is 6.20. The number of benzene rings is 3. The number of piperidine rings is 1. The summed E-state index contributed by atoms with van der Waals surface area (Å²) in [6.45, 7) is 3.04. The molecule has 1 fully saturated rings. The molecule has 3 aromatic carbocycles. The third kappa shape index (κ3) is 4.90. The van der Waals surface area contributed by atoms with Gasteiger partial charge in [-0.15, -0.1) is 0 Å². The molecule has 0 aliphatic carbocycles. The molecule has 0 amide bonds. The molecule has 1 saturated heterocycles. The van der Waals surface area contributed by atoms with Crippen molar-refractivity contribution in [2.75, 3.05) is 13.1 Å². The van der Waals surface area contributed by atoms with Crippen molar-refractivity contribution < 1.29 is 21.6 Å². The van der Waals surface area contributed by atoms with E-state index in [1.54, 1.807) is 0 Å². The van der Waals surface area contributed by atoms with E-state index in [9.17, 15) is 21.6 Å². The number of alkyl halides is 3. The van der Waals surface area contributed by atoms with Crippen LogP contribution in [0, 0.1) is 6.92 Å². The van der Waals surface area contributed by atoms with Crippen molar-refractivity contribution in [3.05, 3.63) is 100 Å². The number of aromatic nitrogens is 1. The Labute approximate surface area is 219 Å². The number of para-hydroxylation sites is 1. The largest absolute Gasteiger partial charge is 0.417 e. The van der Waals surface area contributed by atoms with E-state index >= 15 is 0 Å². The Morgan fingerprint density at radius 2 is 1.62 bits per heavy atom. The number of rotatable bonds is 5. The summed E-state index contributed by atoms with van der Waals surface area (Å²) in [7, 11) is -4.28. The van der Waals surface area contributed by atoms with E-state index in [4.69, 9.17) is 11.6 Å². The molecular formula is C28H26ClF3N2O2S. The molecule has 0 bridgehead atoms. The summed E-state index contributed by atoms with van der Waals surface area (Å²) in [6.07, 6.45) is -3.69. The van der Waals surface area contributed by atoms with Crippen molar-refractivity contribution in [1.82, 2.24) is 8.87 Å². The number of halogens is 4. The van der Waals surface area contributed by atoms with Crippen molar-refractivity contribution in [2.45, 2.75) is 43.3 Å². The van der Waals surface area contributed by atoms with Crippen molar-refractivity contribution >= 4 is 32.5 Å². The molecule has 4 aromatic rings. The second kappa shape index (κ2) is 9.82. The third-order valence-electron chi connectivity index (χ3n) is 7.18. The molecule has 1 aliphatic heterocycles. The van der Waals surface area contributed by atoms with Crippen LogP contribution < -0.4 is 0 Å². The van der Waals surface area contributed by atoms with Crippen molar-refractivity contribution in [3.63, 3.8) is 0 Å². The molecule has 0 spiro atoms. The Balaban J connectivity index is 1.43. The number of fused-ring (bicyclic) bond motifs is 1. The molecule has 1 aromatic heterocycles. The molecule has 2 heterocycles. The number of sulfonamides is 1. The standard InChI is InChI=1S/C28H26ClF3N2O2S/c1-19-27(23-9-2-4-11-25(23)34(19)18-20-7-6-8-22(29)17-20)21-13-15-33(16-14-21)37(35,36)26-12-5-3-10-24(26)28(30,31)32/h2-12,17,21H,13-16,18H2,1H3. The fourth-order valence-electron chi connectivity index (χ4n) is 5.44. The highest BCUT2D eigenvalue weighted by molar-refractivity contribution is 7.89. The molecule has 9 heteroatoms. The zero-order valence-electron chi connectivity index (χ0n) is 20.2. The van der Waals surface area contributed by atoms with Gasteiger partial charge in [-0.2, -0.15) is 17.5 Å².